The molecular formula is C24H26N4O3. The Morgan fingerprint density at radius 1 is 1.16 bits per heavy atom. The van der Waals surface area contributed by atoms with Gasteiger partial charge in [-0.3, -0.25) is 4.79 Å². The summed E-state index contributed by atoms with van der Waals surface area (Å²) in [7, 11) is 0. The number of hydrogen-bond donors (Lipinski definition) is 3. The molecule has 1 aliphatic carbocycles. The van der Waals surface area contributed by atoms with Gasteiger partial charge in [0.15, 0.2) is 0 Å². The van der Waals surface area contributed by atoms with E-state index in [0.717, 1.165) is 29.7 Å². The van der Waals surface area contributed by atoms with Gasteiger partial charge in [-0.1, -0.05) is 31.2 Å². The quantitative estimate of drug-likeness (QED) is 0.512. The highest BCUT2D eigenvalue weighted by Gasteiger charge is 2.30. The summed E-state index contributed by atoms with van der Waals surface area (Å²) < 4.78 is 1.40. The summed E-state index contributed by atoms with van der Waals surface area (Å²) in [5.41, 5.74) is 4.54. The molecule has 1 heterocycles. The molecule has 1 aromatic heterocycles. The second kappa shape index (κ2) is 8.63. The molecule has 7 heteroatoms. The number of carbonyl (C=O) groups is 2. The zero-order valence-electron chi connectivity index (χ0n) is 17.7. The van der Waals surface area contributed by atoms with Crippen molar-refractivity contribution in [1.29, 1.82) is 0 Å². The lowest BCUT2D eigenvalue weighted by Crippen LogP contribution is -2.30. The molecule has 0 spiro atoms. The highest BCUT2D eigenvalue weighted by atomic mass is 16.3. The lowest BCUT2D eigenvalue weighted by Gasteiger charge is -2.09. The number of aromatic nitrogens is 2. The normalized spacial score (nSPS) is 13.1. The minimum absolute atomic E-state index is 0.0433. The van der Waals surface area contributed by atoms with Gasteiger partial charge in [-0.05, 0) is 55.2 Å². The number of aromatic hydroxyl groups is 1. The van der Waals surface area contributed by atoms with Crippen molar-refractivity contribution in [2.75, 3.05) is 5.32 Å². The Bertz CT molecular complexity index is 1130. The van der Waals surface area contributed by atoms with Gasteiger partial charge in [0, 0.05) is 30.1 Å². The number of nitrogens with one attached hydrogen (secondary N) is 2. The largest absolute Gasteiger partial charge is 0.507 e. The zero-order valence-corrected chi connectivity index (χ0v) is 17.7. The van der Waals surface area contributed by atoms with Crippen LogP contribution in [-0.2, 0) is 11.3 Å². The maximum absolute atomic E-state index is 12.9. The highest BCUT2D eigenvalue weighted by molar-refractivity contribution is 5.91. The minimum Gasteiger partial charge on any atom is -0.507 e. The van der Waals surface area contributed by atoms with Crippen LogP contribution in [0, 0.1) is 6.92 Å². The van der Waals surface area contributed by atoms with E-state index in [1.165, 1.54) is 10.7 Å². The predicted octanol–water partition coefficient (Wildman–Crippen LogP) is 4.55. The van der Waals surface area contributed by atoms with E-state index in [0.29, 0.717) is 29.9 Å². The molecule has 7 nitrogen and oxygen atoms in total. The van der Waals surface area contributed by atoms with Crippen molar-refractivity contribution in [3.05, 3.63) is 65.4 Å². The van der Waals surface area contributed by atoms with Crippen LogP contribution in [0.25, 0.3) is 11.3 Å². The first-order valence-electron chi connectivity index (χ1n) is 10.5. The summed E-state index contributed by atoms with van der Waals surface area (Å²) in [6, 6.07) is 14.3. The van der Waals surface area contributed by atoms with Gasteiger partial charge in [-0.25, -0.2) is 4.79 Å². The molecule has 31 heavy (non-hydrogen) atoms. The summed E-state index contributed by atoms with van der Waals surface area (Å²) in [5, 5.41) is 20.6. The Hall–Kier alpha value is -3.61. The van der Waals surface area contributed by atoms with Crippen molar-refractivity contribution < 1.29 is 14.7 Å². The van der Waals surface area contributed by atoms with Gasteiger partial charge in [-0.2, -0.15) is 9.78 Å². The summed E-state index contributed by atoms with van der Waals surface area (Å²) in [6.45, 7) is 4.20. The Labute approximate surface area is 181 Å². The molecule has 1 saturated carbocycles. The molecule has 3 aromatic rings. The lowest BCUT2D eigenvalue weighted by atomic mass is 10.1. The Kier molecular flexibility index (Phi) is 5.75. The third-order valence-electron chi connectivity index (χ3n) is 5.49. The van der Waals surface area contributed by atoms with E-state index >= 15 is 0 Å². The Morgan fingerprint density at radius 3 is 2.65 bits per heavy atom. The number of nitrogens with zero attached hydrogens (tertiary/aromatic N) is 2. The van der Waals surface area contributed by atoms with Gasteiger partial charge in [-0.15, -0.1) is 0 Å². The SMILES string of the molecule is CCC(=O)Nc1ccc(O)c(-c2cc(C3CC3)n(C(=O)NCc3ccccc3C)n2)c1. The van der Waals surface area contributed by atoms with Gasteiger partial charge in [0.25, 0.3) is 0 Å². The second-order valence-corrected chi connectivity index (χ2v) is 7.86. The Balaban J connectivity index is 1.61. The molecule has 2 amide bonds. The van der Waals surface area contributed by atoms with Gasteiger partial charge in [0.05, 0.1) is 11.4 Å². The van der Waals surface area contributed by atoms with E-state index in [4.69, 9.17) is 0 Å². The number of aryl methyl sites for hydroxylation is 1. The number of rotatable bonds is 6. The summed E-state index contributed by atoms with van der Waals surface area (Å²) in [4.78, 5) is 24.7. The van der Waals surface area contributed by atoms with Crippen molar-refractivity contribution in [3.8, 4) is 17.0 Å². The van der Waals surface area contributed by atoms with Gasteiger partial charge < -0.3 is 15.7 Å². The second-order valence-electron chi connectivity index (χ2n) is 7.86. The summed E-state index contributed by atoms with van der Waals surface area (Å²) in [5.74, 6) is 0.216. The van der Waals surface area contributed by atoms with Crippen LogP contribution in [0.4, 0.5) is 10.5 Å². The lowest BCUT2D eigenvalue weighted by molar-refractivity contribution is -0.115. The first-order valence-corrected chi connectivity index (χ1v) is 10.5. The van der Waals surface area contributed by atoms with Gasteiger partial charge >= 0.3 is 6.03 Å². The monoisotopic (exact) mass is 418 g/mol. The van der Waals surface area contributed by atoms with Crippen molar-refractivity contribution in [2.45, 2.75) is 45.6 Å². The maximum Gasteiger partial charge on any atom is 0.342 e. The molecule has 4 rings (SSSR count). The third-order valence-corrected chi connectivity index (χ3v) is 5.49. The highest BCUT2D eigenvalue weighted by Crippen LogP contribution is 2.42. The number of phenolic OH excluding ortho intramolecular Hbond substituents is 1. The minimum atomic E-state index is -0.300. The molecule has 0 saturated heterocycles. The average molecular weight is 418 g/mol. The van der Waals surface area contributed by atoms with Crippen LogP contribution in [0.15, 0.2) is 48.5 Å². The van der Waals surface area contributed by atoms with Crippen LogP contribution in [0.2, 0.25) is 0 Å². The molecule has 0 aliphatic heterocycles. The number of carbonyl (C=O) groups excluding carboxylic acids is 2. The van der Waals surface area contributed by atoms with Crippen molar-refractivity contribution in [1.82, 2.24) is 15.1 Å². The molecule has 1 fully saturated rings. The van der Waals surface area contributed by atoms with Crippen LogP contribution in [0.3, 0.4) is 0 Å². The summed E-state index contributed by atoms with van der Waals surface area (Å²) >= 11 is 0. The van der Waals surface area contributed by atoms with Crippen LogP contribution >= 0.6 is 0 Å². The molecule has 0 radical (unpaired) electrons. The number of anilines is 1. The fourth-order valence-electron chi connectivity index (χ4n) is 3.48. The van der Waals surface area contributed by atoms with E-state index in [2.05, 4.69) is 15.7 Å². The number of amides is 2. The fraction of sp³-hybridized carbons (Fsp3) is 0.292. The van der Waals surface area contributed by atoms with Gasteiger partial charge in [0.2, 0.25) is 5.91 Å². The molecule has 3 N–H and O–H groups in total. The van der Waals surface area contributed by atoms with E-state index in [1.807, 2.05) is 37.3 Å². The molecule has 2 aromatic carbocycles. The van der Waals surface area contributed by atoms with E-state index in [-0.39, 0.29) is 23.6 Å². The number of benzene rings is 2. The predicted molar refractivity (Wildman–Crippen MR) is 119 cm³/mol. The molecule has 160 valence electrons. The zero-order chi connectivity index (χ0) is 22.0. The fourth-order valence-corrected chi connectivity index (χ4v) is 3.48. The van der Waals surface area contributed by atoms with Crippen LogP contribution in [0.5, 0.6) is 5.75 Å². The first kappa shape index (κ1) is 20.7. The molecule has 0 atom stereocenters. The standard InChI is InChI=1S/C24H26N4O3/c1-3-23(30)26-18-10-11-22(29)19(12-18)20-13-21(16-8-9-16)28(27-20)24(31)25-14-17-7-5-4-6-15(17)2/h4-7,10-13,16,29H,3,8-9,14H2,1-2H3,(H,25,31)(H,26,30). The van der Waals surface area contributed by atoms with E-state index in [9.17, 15) is 14.7 Å². The van der Waals surface area contributed by atoms with Crippen LogP contribution in [0.1, 0.15) is 48.9 Å². The summed E-state index contributed by atoms with van der Waals surface area (Å²) in [6.07, 6.45) is 2.38. The Morgan fingerprint density at radius 2 is 1.94 bits per heavy atom. The van der Waals surface area contributed by atoms with Crippen LogP contribution < -0.4 is 10.6 Å². The molecule has 1 aliphatic rings. The van der Waals surface area contributed by atoms with E-state index < -0.39 is 0 Å². The maximum atomic E-state index is 12.9. The van der Waals surface area contributed by atoms with Crippen molar-refractivity contribution in [2.24, 2.45) is 0 Å². The average Bonchev–Trinajstić information content (AvgIpc) is 3.52. The van der Waals surface area contributed by atoms with Gasteiger partial charge in [0.1, 0.15) is 5.75 Å². The molecule has 0 unspecified atom stereocenters. The third kappa shape index (κ3) is 4.60. The number of hydrogen-bond acceptors (Lipinski definition) is 4. The smallest absolute Gasteiger partial charge is 0.342 e. The first-order chi connectivity index (χ1) is 15.0. The number of phenols is 1. The van der Waals surface area contributed by atoms with E-state index in [1.54, 1.807) is 19.1 Å². The molecule has 0 bridgehead atoms. The van der Waals surface area contributed by atoms with Crippen LogP contribution in [-0.4, -0.2) is 26.8 Å². The van der Waals surface area contributed by atoms with Crippen molar-refractivity contribution in [3.63, 3.8) is 0 Å². The van der Waals surface area contributed by atoms with Crippen molar-refractivity contribution >= 4 is 17.6 Å². The molecular weight excluding hydrogens is 392 g/mol. The topological polar surface area (TPSA) is 96.2 Å².